The van der Waals surface area contributed by atoms with Crippen molar-refractivity contribution < 1.29 is 39.5 Å². The van der Waals surface area contributed by atoms with Gasteiger partial charge in [-0.3, -0.25) is 14.4 Å². The number of hydrogen-bond acceptors (Lipinski definition) is 9. The van der Waals surface area contributed by atoms with Gasteiger partial charge < -0.3 is 41.5 Å². The topological polar surface area (TPSA) is 191 Å². The van der Waals surface area contributed by atoms with E-state index >= 15 is 0 Å². The second kappa shape index (κ2) is 8.47. The minimum absolute atomic E-state index is 0.197. The second-order valence-electron chi connectivity index (χ2n) is 5.71. The Balaban J connectivity index is 2.64. The number of aliphatic hydroxyl groups excluding tert-OH is 3. The molecule has 142 valence electrons. The van der Waals surface area contributed by atoms with Crippen molar-refractivity contribution in [2.45, 2.75) is 37.1 Å². The van der Waals surface area contributed by atoms with Gasteiger partial charge in [0.25, 0.3) is 0 Å². The van der Waals surface area contributed by atoms with Crippen molar-refractivity contribution in [3.8, 4) is 0 Å². The van der Waals surface area contributed by atoms with Crippen LogP contribution in [0.1, 0.15) is 6.92 Å². The number of ketones is 1. The van der Waals surface area contributed by atoms with E-state index < -0.39 is 67.4 Å². The summed E-state index contributed by atoms with van der Waals surface area (Å²) in [7, 11) is 0. The summed E-state index contributed by atoms with van der Waals surface area (Å²) >= 11 is 0. The largest absolute Gasteiger partial charge is 0.394 e. The second-order valence-corrected chi connectivity index (χ2v) is 5.71. The molecule has 0 aliphatic carbocycles. The van der Waals surface area contributed by atoms with Gasteiger partial charge in [-0.2, -0.15) is 0 Å². The number of amides is 2. The molecule has 1 rings (SSSR count). The van der Waals surface area contributed by atoms with Gasteiger partial charge in [-0.15, -0.1) is 0 Å². The first kappa shape index (κ1) is 21.2. The maximum absolute atomic E-state index is 12.1. The first-order valence-corrected chi connectivity index (χ1v) is 7.41. The molecule has 1 heterocycles. The fourth-order valence-corrected chi connectivity index (χ4v) is 2.12. The normalized spacial score (nSPS) is 31.9. The summed E-state index contributed by atoms with van der Waals surface area (Å²) in [5.74, 6) is -5.07. The number of nitrogens with two attached hydrogens (primary N) is 1. The van der Waals surface area contributed by atoms with E-state index in [0.717, 1.165) is 0 Å². The number of carbonyl (C=O) groups excluding carboxylic acids is 3. The van der Waals surface area contributed by atoms with Gasteiger partial charge in [0, 0.05) is 5.57 Å². The van der Waals surface area contributed by atoms with Crippen LogP contribution in [0.15, 0.2) is 12.2 Å². The standard InChI is InChI=1S/C14H23N3O8/c1-6(2)13(23)17-4-9(20)16-3-8(19)14(24)12(15)11(22)10(21)7(5-18)25-14/h7,10-12,18,21-22,24H,1,3-5,15H2,2H3,(H,16,20)(H,17,23)/t7-,10+,11+,12-,14?/m1/s1. The summed E-state index contributed by atoms with van der Waals surface area (Å²) < 4.78 is 4.93. The van der Waals surface area contributed by atoms with Gasteiger partial charge >= 0.3 is 0 Å². The third kappa shape index (κ3) is 4.81. The molecule has 25 heavy (non-hydrogen) atoms. The van der Waals surface area contributed by atoms with Crippen molar-refractivity contribution in [1.29, 1.82) is 0 Å². The van der Waals surface area contributed by atoms with E-state index in [9.17, 15) is 29.7 Å². The van der Waals surface area contributed by atoms with Crippen LogP contribution < -0.4 is 16.4 Å². The van der Waals surface area contributed by atoms with E-state index in [-0.39, 0.29) is 5.57 Å². The molecule has 0 aromatic rings. The zero-order chi connectivity index (χ0) is 19.4. The highest BCUT2D eigenvalue weighted by Crippen LogP contribution is 2.27. The maximum atomic E-state index is 12.1. The number of aliphatic hydroxyl groups is 4. The molecule has 0 bridgehead atoms. The summed E-state index contributed by atoms with van der Waals surface area (Å²) in [4.78, 5) is 35.0. The van der Waals surface area contributed by atoms with Crippen LogP contribution in [0.3, 0.4) is 0 Å². The number of Topliss-reactive ketones (excluding diaryl/α,β-unsaturated/α-hetero) is 1. The van der Waals surface area contributed by atoms with Gasteiger partial charge in [0.05, 0.1) is 25.7 Å². The fraction of sp³-hybridized carbons (Fsp3) is 0.643. The first-order chi connectivity index (χ1) is 11.5. The lowest BCUT2D eigenvalue weighted by atomic mass is 9.88. The lowest BCUT2D eigenvalue weighted by molar-refractivity contribution is -0.297. The minimum Gasteiger partial charge on any atom is -0.394 e. The first-order valence-electron chi connectivity index (χ1n) is 7.41. The van der Waals surface area contributed by atoms with Crippen molar-refractivity contribution in [2.24, 2.45) is 5.73 Å². The molecule has 0 spiro atoms. The summed E-state index contributed by atoms with van der Waals surface area (Å²) in [6.45, 7) is 2.92. The van der Waals surface area contributed by atoms with E-state index in [0.29, 0.717) is 0 Å². The van der Waals surface area contributed by atoms with E-state index in [1.807, 2.05) is 0 Å². The molecule has 1 aliphatic rings. The fourth-order valence-electron chi connectivity index (χ4n) is 2.12. The van der Waals surface area contributed by atoms with Crippen LogP contribution in [0, 0.1) is 0 Å². The number of rotatable bonds is 7. The highest BCUT2D eigenvalue weighted by atomic mass is 16.7. The van der Waals surface area contributed by atoms with Gasteiger partial charge in [-0.25, -0.2) is 0 Å². The molecule has 1 unspecified atom stereocenters. The Kier molecular flexibility index (Phi) is 7.17. The molecule has 11 heteroatoms. The molecule has 2 amide bonds. The van der Waals surface area contributed by atoms with Crippen molar-refractivity contribution in [2.75, 3.05) is 19.7 Å². The molecule has 0 aromatic carbocycles. The molecular formula is C14H23N3O8. The smallest absolute Gasteiger partial charge is 0.247 e. The Bertz CT molecular complexity index is 552. The molecule has 1 saturated heterocycles. The Morgan fingerprint density at radius 3 is 2.32 bits per heavy atom. The van der Waals surface area contributed by atoms with Crippen molar-refractivity contribution >= 4 is 17.6 Å². The Hall–Kier alpha value is -1.89. The molecule has 0 aromatic heterocycles. The molecule has 1 fully saturated rings. The monoisotopic (exact) mass is 361 g/mol. The number of hydrogen-bond donors (Lipinski definition) is 7. The number of nitrogens with one attached hydrogen (secondary N) is 2. The maximum Gasteiger partial charge on any atom is 0.247 e. The van der Waals surface area contributed by atoms with Crippen LogP contribution in [-0.2, 0) is 19.1 Å². The molecule has 0 radical (unpaired) electrons. The van der Waals surface area contributed by atoms with Crippen LogP contribution in [0.25, 0.3) is 0 Å². The summed E-state index contributed by atoms with van der Waals surface area (Å²) in [5.41, 5.74) is 5.73. The molecule has 0 saturated carbocycles. The zero-order valence-electron chi connectivity index (χ0n) is 13.6. The molecule has 5 atom stereocenters. The van der Waals surface area contributed by atoms with Gasteiger partial charge in [-0.1, -0.05) is 6.58 Å². The average Bonchev–Trinajstić information content (AvgIpc) is 2.58. The van der Waals surface area contributed by atoms with E-state index in [2.05, 4.69) is 17.2 Å². The van der Waals surface area contributed by atoms with E-state index in [1.165, 1.54) is 6.92 Å². The van der Waals surface area contributed by atoms with Crippen LogP contribution in [0.2, 0.25) is 0 Å². The van der Waals surface area contributed by atoms with Gasteiger partial charge in [0.1, 0.15) is 18.3 Å². The number of carbonyl (C=O) groups is 3. The lowest BCUT2D eigenvalue weighted by Gasteiger charge is -2.45. The average molecular weight is 361 g/mol. The SMILES string of the molecule is C=C(C)C(=O)NCC(=O)NCC(=O)C1(O)O[C@H](CO)[C@H](O)[C@H](O)[C@H]1N. The quantitative estimate of drug-likeness (QED) is 0.219. The van der Waals surface area contributed by atoms with Crippen LogP contribution in [0.4, 0.5) is 0 Å². The minimum atomic E-state index is -2.71. The van der Waals surface area contributed by atoms with Crippen LogP contribution in [0.5, 0.6) is 0 Å². The van der Waals surface area contributed by atoms with Crippen molar-refractivity contribution in [1.82, 2.24) is 10.6 Å². The Labute approximate surface area is 143 Å². The zero-order valence-corrected chi connectivity index (χ0v) is 13.6. The van der Waals surface area contributed by atoms with Gasteiger partial charge in [-0.05, 0) is 6.92 Å². The van der Waals surface area contributed by atoms with E-state index in [4.69, 9.17) is 15.6 Å². The highest BCUT2D eigenvalue weighted by molar-refractivity contribution is 5.96. The third-order valence-electron chi connectivity index (χ3n) is 3.70. The van der Waals surface area contributed by atoms with E-state index in [1.54, 1.807) is 0 Å². The summed E-state index contributed by atoms with van der Waals surface area (Å²) in [5, 5.41) is 43.2. The van der Waals surface area contributed by atoms with Crippen LogP contribution >= 0.6 is 0 Å². The molecule has 1 aliphatic heterocycles. The predicted molar refractivity (Wildman–Crippen MR) is 82.7 cm³/mol. The molecule has 8 N–H and O–H groups in total. The summed E-state index contributed by atoms with van der Waals surface area (Å²) in [6.07, 6.45) is -4.76. The molecular weight excluding hydrogens is 338 g/mol. The molecule has 11 nitrogen and oxygen atoms in total. The highest BCUT2D eigenvalue weighted by Gasteiger charge is 2.55. The predicted octanol–water partition coefficient (Wildman–Crippen LogP) is -4.51. The Morgan fingerprint density at radius 1 is 1.20 bits per heavy atom. The van der Waals surface area contributed by atoms with Crippen molar-refractivity contribution in [3.05, 3.63) is 12.2 Å². The van der Waals surface area contributed by atoms with Crippen molar-refractivity contribution in [3.63, 3.8) is 0 Å². The number of ether oxygens (including phenoxy) is 1. The Morgan fingerprint density at radius 2 is 1.80 bits per heavy atom. The third-order valence-corrected chi connectivity index (χ3v) is 3.70. The van der Waals surface area contributed by atoms with Crippen LogP contribution in [-0.4, -0.2) is 87.9 Å². The van der Waals surface area contributed by atoms with Gasteiger partial charge in [0.2, 0.25) is 23.4 Å². The van der Waals surface area contributed by atoms with Gasteiger partial charge in [0.15, 0.2) is 0 Å². The lowest BCUT2D eigenvalue weighted by Crippen LogP contribution is -2.72. The summed E-state index contributed by atoms with van der Waals surface area (Å²) in [6, 6.07) is -1.70.